The molecule has 1 N–H and O–H groups in total. The summed E-state index contributed by atoms with van der Waals surface area (Å²) in [5.74, 6) is 2.66. The largest absolute Gasteiger partial charge is 0.263 e. The van der Waals surface area contributed by atoms with Crippen LogP contribution in [0.3, 0.4) is 0 Å². The topological polar surface area (TPSA) is 164 Å². The SMILES string of the molecule is C.C.C.C.C.C.CC(C)(C)c1ncn[nH]1.CC(C)(C)n1ccnn1.CC(C)(C)n1cncn1.Cc1ncn(C(C)(C)C)n1.Cn1cnc(C(C)(C)C)n1. The van der Waals surface area contributed by atoms with Crippen LogP contribution in [0.15, 0.2) is 44.0 Å². The summed E-state index contributed by atoms with van der Waals surface area (Å²) in [6, 6.07) is 0. The zero-order chi connectivity index (χ0) is 36.3. The summed E-state index contributed by atoms with van der Waals surface area (Å²) >= 11 is 0. The Bertz CT molecular complexity index is 1340. The summed E-state index contributed by atoms with van der Waals surface area (Å²) in [4.78, 5) is 16.0. The van der Waals surface area contributed by atoms with Crippen LogP contribution in [0, 0.1) is 6.92 Å². The van der Waals surface area contributed by atoms with Gasteiger partial charge in [0.05, 0.1) is 22.8 Å². The maximum atomic E-state index is 4.19. The second kappa shape index (κ2) is 24.9. The van der Waals surface area contributed by atoms with Crippen molar-refractivity contribution in [3.8, 4) is 0 Å². The smallest absolute Gasteiger partial charge is 0.155 e. The number of H-pyrrole nitrogens is 1. The summed E-state index contributed by atoms with van der Waals surface area (Å²) in [6.07, 6.45) is 11.8. The predicted octanol–water partition coefficient (Wildman–Crippen LogP) is 9.44. The number of aromatic amines is 1. The molecule has 0 amide bonds. The Kier molecular flexibility index (Phi) is 28.5. The van der Waals surface area contributed by atoms with Gasteiger partial charge < -0.3 is 0 Å². The van der Waals surface area contributed by atoms with Crippen molar-refractivity contribution < 1.29 is 0 Å². The van der Waals surface area contributed by atoms with Crippen molar-refractivity contribution in [2.75, 3.05) is 0 Å². The van der Waals surface area contributed by atoms with Gasteiger partial charge in [-0.05, 0) is 69.2 Å². The lowest BCUT2D eigenvalue weighted by molar-refractivity contribution is 0.347. The molecular weight excluding hydrogens is 667 g/mol. The van der Waals surface area contributed by atoms with Gasteiger partial charge in [0, 0.05) is 24.1 Å². The zero-order valence-electron chi connectivity index (χ0n) is 31.8. The van der Waals surface area contributed by atoms with Crippen LogP contribution in [0.1, 0.15) is 166 Å². The van der Waals surface area contributed by atoms with E-state index >= 15 is 0 Å². The van der Waals surface area contributed by atoms with E-state index < -0.39 is 0 Å². The Morgan fingerprint density at radius 1 is 0.566 bits per heavy atom. The van der Waals surface area contributed by atoms with E-state index in [1.807, 2.05) is 34.2 Å². The molecule has 0 spiro atoms. The van der Waals surface area contributed by atoms with Crippen LogP contribution in [0.25, 0.3) is 0 Å². The third kappa shape index (κ3) is 23.8. The molecule has 0 aliphatic rings. The van der Waals surface area contributed by atoms with E-state index in [0.29, 0.717) is 0 Å². The molecule has 5 rings (SSSR count). The Balaban J connectivity index is -0.000000127. The van der Waals surface area contributed by atoms with Crippen LogP contribution in [0.5, 0.6) is 0 Å². The Hall–Kier alpha value is -4.30. The van der Waals surface area contributed by atoms with Gasteiger partial charge in [0.1, 0.15) is 43.3 Å². The number of nitrogens with zero attached hydrogens (tertiary/aromatic N) is 14. The highest BCUT2D eigenvalue weighted by molar-refractivity contribution is 4.98. The number of aryl methyl sites for hydroxylation is 2. The van der Waals surface area contributed by atoms with Crippen LogP contribution in [0.4, 0.5) is 0 Å². The molecule has 15 nitrogen and oxygen atoms in total. The molecule has 53 heavy (non-hydrogen) atoms. The molecule has 0 radical (unpaired) electrons. The lowest BCUT2D eigenvalue weighted by Gasteiger charge is -2.17. The van der Waals surface area contributed by atoms with Gasteiger partial charge in [-0.3, -0.25) is 9.78 Å². The summed E-state index contributed by atoms with van der Waals surface area (Å²) in [5, 5.41) is 26.5. The molecule has 310 valence electrons. The van der Waals surface area contributed by atoms with Gasteiger partial charge >= 0.3 is 0 Å². The van der Waals surface area contributed by atoms with Crippen molar-refractivity contribution in [1.29, 1.82) is 0 Å². The molecule has 0 saturated carbocycles. The minimum Gasteiger partial charge on any atom is -0.263 e. The first kappa shape index (κ1) is 60.8. The first-order chi connectivity index (χ1) is 21.3. The molecule has 5 aromatic heterocycles. The zero-order valence-corrected chi connectivity index (χ0v) is 31.8. The molecule has 5 aromatic rings. The van der Waals surface area contributed by atoms with Crippen molar-refractivity contribution in [3.63, 3.8) is 0 Å². The van der Waals surface area contributed by atoms with Gasteiger partial charge in [-0.1, -0.05) is 91.3 Å². The monoisotopic (exact) mass is 750 g/mol. The molecule has 0 atom stereocenters. The number of nitrogens with one attached hydrogen (secondary N) is 1. The van der Waals surface area contributed by atoms with E-state index in [-0.39, 0.29) is 72.0 Å². The van der Waals surface area contributed by atoms with Gasteiger partial charge in [0.2, 0.25) is 0 Å². The molecule has 5 heterocycles. The number of aromatic nitrogens is 15. The lowest BCUT2D eigenvalue weighted by Crippen LogP contribution is -2.22. The molecule has 0 saturated heterocycles. The predicted molar refractivity (Wildman–Crippen MR) is 225 cm³/mol. The van der Waals surface area contributed by atoms with E-state index in [0.717, 1.165) is 17.5 Å². The van der Waals surface area contributed by atoms with E-state index in [9.17, 15) is 0 Å². The summed E-state index contributed by atoms with van der Waals surface area (Å²) in [7, 11) is 1.88. The number of hydrogen-bond acceptors (Lipinski definition) is 10. The van der Waals surface area contributed by atoms with Crippen LogP contribution < -0.4 is 0 Å². The van der Waals surface area contributed by atoms with Crippen molar-refractivity contribution >= 4 is 0 Å². The average molecular weight is 750 g/mol. The fourth-order valence-corrected chi connectivity index (χ4v) is 3.04. The van der Waals surface area contributed by atoms with Gasteiger partial charge in [-0.25, -0.2) is 34.0 Å². The van der Waals surface area contributed by atoms with Crippen molar-refractivity contribution in [1.82, 2.24) is 74.5 Å². The summed E-state index contributed by atoms with van der Waals surface area (Å²) in [5.41, 5.74) is 0.353. The molecule has 15 heteroatoms. The summed E-state index contributed by atoms with van der Waals surface area (Å²) < 4.78 is 7.24. The highest BCUT2D eigenvalue weighted by Crippen LogP contribution is 2.17. The molecular formula is C38H83N15. The Morgan fingerprint density at radius 2 is 1.09 bits per heavy atom. The molecule has 0 unspecified atom stereocenters. The molecule has 0 bridgehead atoms. The van der Waals surface area contributed by atoms with Crippen LogP contribution in [0.2, 0.25) is 0 Å². The standard InChI is InChI=1S/2C7H13N3.3C6H11N3.6CH4/c1-7(2,3)6-8-5-10(4)9-6;1-6-8-5-10(9-6)7(2,3)4;1-6(2,3)9-5-7-4-8-9;1-6(2,3)5-7-4-8-9-5;1-6(2,3)9-5-4-7-8-9;;;;;;/h2*5H,1-4H3;4-5H,1-3H3;4H,1-3H3,(H,7,8,9);4-5H,1-3H3;6*1H4. The quantitative estimate of drug-likeness (QED) is 0.161. The maximum Gasteiger partial charge on any atom is 0.155 e. The normalized spacial score (nSPS) is 10.6. The summed E-state index contributed by atoms with van der Waals surface area (Å²) in [6.45, 7) is 33.3. The number of rotatable bonds is 0. The fourth-order valence-electron chi connectivity index (χ4n) is 3.04. The molecule has 0 aliphatic heterocycles. The van der Waals surface area contributed by atoms with Crippen LogP contribution in [-0.2, 0) is 34.5 Å². The highest BCUT2D eigenvalue weighted by Gasteiger charge is 2.18. The van der Waals surface area contributed by atoms with Gasteiger partial charge in [0.25, 0.3) is 0 Å². The van der Waals surface area contributed by atoms with Gasteiger partial charge in [-0.2, -0.15) is 20.4 Å². The minimum atomic E-state index is 0. The Labute approximate surface area is 325 Å². The van der Waals surface area contributed by atoms with Crippen molar-refractivity contribution in [2.45, 2.75) is 183 Å². The van der Waals surface area contributed by atoms with Crippen LogP contribution in [-0.4, -0.2) is 74.5 Å². The molecule has 0 fully saturated rings. The van der Waals surface area contributed by atoms with Crippen molar-refractivity contribution in [2.24, 2.45) is 7.05 Å². The average Bonchev–Trinajstić information content (AvgIpc) is 3.72. The molecule has 0 aromatic carbocycles. The van der Waals surface area contributed by atoms with E-state index in [1.165, 1.54) is 6.33 Å². The van der Waals surface area contributed by atoms with E-state index in [2.05, 4.69) is 160 Å². The highest BCUT2D eigenvalue weighted by atomic mass is 15.4. The van der Waals surface area contributed by atoms with E-state index in [1.54, 1.807) is 36.2 Å². The van der Waals surface area contributed by atoms with Crippen molar-refractivity contribution in [3.05, 3.63) is 61.5 Å². The third-order valence-electron chi connectivity index (χ3n) is 5.91. The molecule has 0 aliphatic carbocycles. The van der Waals surface area contributed by atoms with E-state index in [4.69, 9.17) is 0 Å². The first-order valence-electron chi connectivity index (χ1n) is 15.6. The second-order valence-corrected chi connectivity index (χ2v) is 16.0. The second-order valence-electron chi connectivity index (χ2n) is 16.0. The first-order valence-corrected chi connectivity index (χ1v) is 15.6. The third-order valence-corrected chi connectivity index (χ3v) is 5.91. The Morgan fingerprint density at radius 3 is 1.28 bits per heavy atom. The van der Waals surface area contributed by atoms with Crippen LogP contribution >= 0.6 is 0 Å². The number of hydrogen-bond donors (Lipinski definition) is 1. The van der Waals surface area contributed by atoms with Gasteiger partial charge in [0.15, 0.2) is 5.82 Å². The minimum absolute atomic E-state index is 0. The lowest BCUT2D eigenvalue weighted by atomic mass is 9.96. The maximum absolute atomic E-state index is 4.19. The van der Waals surface area contributed by atoms with Gasteiger partial charge in [-0.15, -0.1) is 5.10 Å². The fraction of sp³-hybridized carbons (Fsp3) is 0.737.